The maximum atomic E-state index is 7.91. The van der Waals surface area contributed by atoms with E-state index < -0.39 is 0 Å². The van der Waals surface area contributed by atoms with E-state index in [2.05, 4.69) is 0 Å². The van der Waals surface area contributed by atoms with Crippen molar-refractivity contribution in [1.29, 1.82) is 0 Å². The Bertz CT molecular complexity index is 15.1. The Morgan fingerprint density at radius 2 is 1.60 bits per heavy atom. The van der Waals surface area contributed by atoms with Gasteiger partial charge in [-0.25, -0.2) is 0 Å². The van der Waals surface area contributed by atoms with E-state index in [-0.39, 0.29) is 13.0 Å². The minimum Gasteiger partial charge on any atom is -0.405 e. The van der Waals surface area contributed by atoms with E-state index in [0.29, 0.717) is 7.28 Å². The molecule has 0 radical (unpaired) electrons. The molecule has 0 aromatic heterocycles. The normalized spacial score (nSPS) is 7.60. The average Bonchev–Trinajstić information content (AvgIpc) is 1.41. The summed E-state index contributed by atoms with van der Waals surface area (Å²) in [5.41, 5.74) is 0. The fourth-order valence-electron chi connectivity index (χ4n) is 0.0707. The summed E-state index contributed by atoms with van der Waals surface area (Å²) < 4.78 is 0. The van der Waals surface area contributed by atoms with E-state index in [0.717, 1.165) is 0 Å². The van der Waals surface area contributed by atoms with Crippen molar-refractivity contribution in [1.82, 2.24) is 0 Å². The van der Waals surface area contributed by atoms with Crippen LogP contribution >= 0.6 is 0 Å². The number of aliphatic hydroxyl groups is 2. The van der Waals surface area contributed by atoms with Gasteiger partial charge >= 0.3 is 0 Å². The van der Waals surface area contributed by atoms with Crippen LogP contribution in [0.1, 0.15) is 0 Å². The van der Waals surface area contributed by atoms with Crippen molar-refractivity contribution in [2.75, 3.05) is 13.0 Å². The highest BCUT2D eigenvalue weighted by Gasteiger charge is 1.76. The van der Waals surface area contributed by atoms with Gasteiger partial charge in [-0.3, -0.25) is 0 Å². The highest BCUT2D eigenvalue weighted by Crippen LogP contribution is 1.46. The lowest BCUT2D eigenvalue weighted by atomic mass is 9.82. The molecule has 0 aliphatic carbocycles. The molecule has 0 atom stereocenters. The molecule has 2 N–H and O–H groups in total. The summed E-state index contributed by atoms with van der Waals surface area (Å²) in [6, 6.07) is 0. The minimum atomic E-state index is 0.0938. The second-order valence-corrected chi connectivity index (χ2v) is 0.801. The molecule has 0 saturated carbocycles. The van der Waals surface area contributed by atoms with E-state index in [9.17, 15) is 0 Å². The van der Waals surface area contributed by atoms with Crippen molar-refractivity contribution in [3.05, 3.63) is 0 Å². The second kappa shape index (κ2) is 3.98. The highest BCUT2D eigenvalue weighted by atomic mass is 16.3. The van der Waals surface area contributed by atoms with Gasteiger partial charge in [-0.05, 0) is 0 Å². The Kier molecular flexibility index (Phi) is 3.97. The molecular weight excluding hydrogens is 66.8 g/mol. The van der Waals surface area contributed by atoms with E-state index in [4.69, 9.17) is 10.2 Å². The van der Waals surface area contributed by atoms with Crippen molar-refractivity contribution in [2.45, 2.75) is 0 Å². The first kappa shape index (κ1) is 4.98. The van der Waals surface area contributed by atoms with Crippen molar-refractivity contribution >= 4 is 7.28 Å². The molecule has 0 aliphatic heterocycles. The monoisotopic (exact) mass is 74.1 g/mol. The molecule has 30 valence electrons. The lowest BCUT2D eigenvalue weighted by Crippen LogP contribution is -2.01. The van der Waals surface area contributed by atoms with Crippen LogP contribution < -0.4 is 0 Å². The van der Waals surface area contributed by atoms with Crippen molar-refractivity contribution < 1.29 is 10.2 Å². The molecule has 0 bridgehead atoms. The summed E-state index contributed by atoms with van der Waals surface area (Å²) in [7, 11) is 0.500. The Morgan fingerprint density at radius 3 is 1.60 bits per heavy atom. The van der Waals surface area contributed by atoms with Crippen LogP contribution in [0, 0.1) is 0 Å². The lowest BCUT2D eigenvalue weighted by molar-refractivity contribution is 0.336. The van der Waals surface area contributed by atoms with Crippen LogP contribution in [0.5, 0.6) is 0 Å². The summed E-state index contributed by atoms with van der Waals surface area (Å²) in [5.74, 6) is 0. The summed E-state index contributed by atoms with van der Waals surface area (Å²) in [4.78, 5) is 0. The molecule has 0 amide bonds. The Labute approximate surface area is 31.7 Å². The zero-order valence-corrected chi connectivity index (χ0v) is 3.02. The van der Waals surface area contributed by atoms with Crippen LogP contribution in [0.3, 0.4) is 0 Å². The van der Waals surface area contributed by atoms with Crippen molar-refractivity contribution in [3.8, 4) is 0 Å². The molecule has 0 saturated heterocycles. The van der Waals surface area contributed by atoms with E-state index >= 15 is 0 Å². The molecule has 0 aromatic rings. The molecule has 0 rings (SSSR count). The number of hydrogen-bond donors (Lipinski definition) is 2. The van der Waals surface area contributed by atoms with E-state index in [1.54, 1.807) is 0 Å². The highest BCUT2D eigenvalue weighted by molar-refractivity contribution is 6.34. The smallest absolute Gasteiger partial charge is 0.184 e. The number of hydrogen-bond acceptors (Lipinski definition) is 2. The molecule has 5 heavy (non-hydrogen) atoms. The van der Waals surface area contributed by atoms with Gasteiger partial charge in [0.25, 0.3) is 0 Å². The van der Waals surface area contributed by atoms with Crippen molar-refractivity contribution in [3.63, 3.8) is 0 Å². The van der Waals surface area contributed by atoms with Crippen LogP contribution in [0.4, 0.5) is 0 Å². The maximum Gasteiger partial charge on any atom is 0.184 e. The number of rotatable bonds is 2. The standard InChI is InChI=1S/C2H7BO2/c4-1-3-2-5/h3-5H,1-2H2. The largest absolute Gasteiger partial charge is 0.405 e. The number of aliphatic hydroxyl groups excluding tert-OH is 2. The Balaban J connectivity index is 2.19. The fourth-order valence-corrected chi connectivity index (χ4v) is 0.0707. The second-order valence-electron chi connectivity index (χ2n) is 0.801. The van der Waals surface area contributed by atoms with Gasteiger partial charge in [0, 0.05) is 13.0 Å². The first-order valence-corrected chi connectivity index (χ1v) is 1.63. The molecule has 2 nitrogen and oxygen atoms in total. The van der Waals surface area contributed by atoms with Gasteiger partial charge in [0.05, 0.1) is 0 Å². The molecule has 0 heterocycles. The van der Waals surface area contributed by atoms with Gasteiger partial charge in [0.2, 0.25) is 0 Å². The third-order valence-electron chi connectivity index (χ3n) is 0.316. The molecule has 0 aromatic carbocycles. The molecule has 0 spiro atoms. The molecule has 3 heteroatoms. The molecule has 0 fully saturated rings. The Morgan fingerprint density at radius 1 is 1.20 bits per heavy atom. The summed E-state index contributed by atoms with van der Waals surface area (Å²) in [6.07, 6.45) is 0. The maximum absolute atomic E-state index is 7.91. The first-order chi connectivity index (χ1) is 2.41. The van der Waals surface area contributed by atoms with Gasteiger partial charge < -0.3 is 10.2 Å². The zero-order valence-electron chi connectivity index (χ0n) is 3.02. The first-order valence-electron chi connectivity index (χ1n) is 1.63. The minimum absolute atomic E-state index is 0.0938. The van der Waals surface area contributed by atoms with Gasteiger partial charge in [0.15, 0.2) is 7.28 Å². The van der Waals surface area contributed by atoms with Crippen LogP contribution in [-0.4, -0.2) is 30.5 Å². The topological polar surface area (TPSA) is 40.5 Å². The van der Waals surface area contributed by atoms with E-state index in [1.165, 1.54) is 0 Å². The quantitative estimate of drug-likeness (QED) is 0.384. The van der Waals surface area contributed by atoms with Gasteiger partial charge in [-0.1, -0.05) is 0 Å². The van der Waals surface area contributed by atoms with Crippen molar-refractivity contribution in [2.24, 2.45) is 0 Å². The summed E-state index contributed by atoms with van der Waals surface area (Å²) in [6.45, 7) is 0.188. The van der Waals surface area contributed by atoms with Gasteiger partial charge in [-0.2, -0.15) is 0 Å². The predicted molar refractivity (Wildman–Crippen MR) is 21.3 cm³/mol. The lowest BCUT2D eigenvalue weighted by Gasteiger charge is -1.75. The third-order valence-corrected chi connectivity index (χ3v) is 0.316. The molecular formula is C2H7BO2. The molecule has 0 unspecified atom stereocenters. The van der Waals surface area contributed by atoms with Crippen LogP contribution in [-0.2, 0) is 0 Å². The van der Waals surface area contributed by atoms with Crippen LogP contribution in [0.25, 0.3) is 0 Å². The van der Waals surface area contributed by atoms with Gasteiger partial charge in [-0.15, -0.1) is 0 Å². The SMILES string of the molecule is OCBCO. The Hall–Kier alpha value is -0.0151. The van der Waals surface area contributed by atoms with Crippen LogP contribution in [0.15, 0.2) is 0 Å². The third kappa shape index (κ3) is 3.98. The van der Waals surface area contributed by atoms with Crippen LogP contribution in [0.2, 0.25) is 0 Å². The fraction of sp³-hybridized carbons (Fsp3) is 1.00. The zero-order chi connectivity index (χ0) is 4.12. The van der Waals surface area contributed by atoms with E-state index in [1.807, 2.05) is 0 Å². The predicted octanol–water partition coefficient (Wildman–Crippen LogP) is -1.68. The summed E-state index contributed by atoms with van der Waals surface area (Å²) in [5, 5.41) is 15.8. The summed E-state index contributed by atoms with van der Waals surface area (Å²) >= 11 is 0. The molecule has 0 aliphatic rings. The average molecular weight is 73.9 g/mol. The van der Waals surface area contributed by atoms with Gasteiger partial charge in [0.1, 0.15) is 0 Å².